The third-order valence-corrected chi connectivity index (χ3v) is 3.66. The van der Waals surface area contributed by atoms with Gasteiger partial charge in [-0.15, -0.1) is 0 Å². The van der Waals surface area contributed by atoms with E-state index >= 15 is 0 Å². The van der Waals surface area contributed by atoms with Gasteiger partial charge in [-0.25, -0.2) is 4.79 Å². The van der Waals surface area contributed by atoms with Crippen molar-refractivity contribution in [3.63, 3.8) is 0 Å². The molecule has 1 fully saturated rings. The lowest BCUT2D eigenvalue weighted by Gasteiger charge is -2.21. The zero-order valence-corrected chi connectivity index (χ0v) is 11.7. The summed E-state index contributed by atoms with van der Waals surface area (Å²) in [5, 5.41) is 22.9. The molecule has 1 aromatic heterocycles. The summed E-state index contributed by atoms with van der Waals surface area (Å²) in [6.45, 7) is -0.126. The average Bonchev–Trinajstić information content (AvgIpc) is 2.80. The molecule has 1 aliphatic rings. The molecule has 2 rings (SSSR count). The van der Waals surface area contributed by atoms with Crippen molar-refractivity contribution < 1.29 is 14.9 Å². The lowest BCUT2D eigenvalue weighted by Crippen LogP contribution is -2.34. The summed E-state index contributed by atoms with van der Waals surface area (Å²) >= 11 is 0. The molecular formula is C12H17N5O5. The summed E-state index contributed by atoms with van der Waals surface area (Å²) in [7, 11) is 0. The summed E-state index contributed by atoms with van der Waals surface area (Å²) in [5.74, 6) is -0.463. The second-order valence-corrected chi connectivity index (χ2v) is 5.02. The van der Waals surface area contributed by atoms with E-state index in [1.54, 1.807) is 0 Å². The van der Waals surface area contributed by atoms with Crippen LogP contribution in [-0.2, 0) is 4.74 Å². The molecule has 1 aliphatic heterocycles. The lowest BCUT2D eigenvalue weighted by molar-refractivity contribution is -0.0483. The molecule has 0 amide bonds. The van der Waals surface area contributed by atoms with E-state index in [0.29, 0.717) is 12.8 Å². The SMILES string of the molecule is [N-]=[N+]=NCCC[C@@H]1[C@H](O)[C@@H](CO)O[C@H]1n1ccc(=O)[nH]c1=O. The molecule has 3 N–H and O–H groups in total. The molecule has 0 aliphatic carbocycles. The van der Waals surface area contributed by atoms with Crippen molar-refractivity contribution in [2.24, 2.45) is 11.0 Å². The van der Waals surface area contributed by atoms with Gasteiger partial charge in [-0.1, -0.05) is 5.11 Å². The monoisotopic (exact) mass is 311 g/mol. The van der Waals surface area contributed by atoms with E-state index in [9.17, 15) is 19.8 Å². The minimum atomic E-state index is -0.958. The summed E-state index contributed by atoms with van der Waals surface area (Å²) in [4.78, 5) is 27.8. The Kier molecular flexibility index (Phi) is 5.34. The van der Waals surface area contributed by atoms with Crippen molar-refractivity contribution in [2.75, 3.05) is 13.2 Å². The second-order valence-electron chi connectivity index (χ2n) is 5.02. The first-order valence-electron chi connectivity index (χ1n) is 6.85. The van der Waals surface area contributed by atoms with Crippen LogP contribution in [-0.4, -0.2) is 45.1 Å². The maximum absolute atomic E-state index is 11.9. The van der Waals surface area contributed by atoms with Gasteiger partial charge in [0.2, 0.25) is 0 Å². The number of nitrogens with one attached hydrogen (secondary N) is 1. The van der Waals surface area contributed by atoms with Crippen LogP contribution in [0.25, 0.3) is 10.4 Å². The molecular weight excluding hydrogens is 294 g/mol. The van der Waals surface area contributed by atoms with E-state index in [0.717, 1.165) is 0 Å². The number of aromatic amines is 1. The number of rotatable bonds is 6. The fourth-order valence-corrected chi connectivity index (χ4v) is 2.61. The Hall–Kier alpha value is -2.13. The van der Waals surface area contributed by atoms with Gasteiger partial charge in [-0.2, -0.15) is 0 Å². The molecule has 0 spiro atoms. The number of ether oxygens (including phenoxy) is 1. The fourth-order valence-electron chi connectivity index (χ4n) is 2.61. The highest BCUT2D eigenvalue weighted by Gasteiger charge is 2.44. The number of aromatic nitrogens is 2. The van der Waals surface area contributed by atoms with E-state index in [2.05, 4.69) is 15.0 Å². The van der Waals surface area contributed by atoms with Gasteiger partial charge in [0, 0.05) is 29.6 Å². The van der Waals surface area contributed by atoms with Gasteiger partial charge in [0.25, 0.3) is 5.56 Å². The minimum Gasteiger partial charge on any atom is -0.394 e. The van der Waals surface area contributed by atoms with Crippen molar-refractivity contribution in [1.29, 1.82) is 0 Å². The Morgan fingerprint density at radius 2 is 2.27 bits per heavy atom. The van der Waals surface area contributed by atoms with Crippen LogP contribution in [0.3, 0.4) is 0 Å². The highest BCUT2D eigenvalue weighted by molar-refractivity contribution is 4.92. The first-order chi connectivity index (χ1) is 10.6. The molecule has 0 radical (unpaired) electrons. The minimum absolute atomic E-state index is 0.261. The maximum atomic E-state index is 11.9. The van der Waals surface area contributed by atoms with Gasteiger partial charge in [0.15, 0.2) is 0 Å². The predicted molar refractivity (Wildman–Crippen MR) is 75.1 cm³/mol. The van der Waals surface area contributed by atoms with Crippen LogP contribution in [0.2, 0.25) is 0 Å². The molecule has 10 nitrogen and oxygen atoms in total. The van der Waals surface area contributed by atoms with E-state index in [1.807, 2.05) is 0 Å². The Morgan fingerprint density at radius 3 is 2.91 bits per heavy atom. The number of aliphatic hydroxyl groups is 2. The van der Waals surface area contributed by atoms with Crippen LogP contribution in [0.5, 0.6) is 0 Å². The molecule has 0 unspecified atom stereocenters. The molecule has 1 aromatic rings. The van der Waals surface area contributed by atoms with Crippen LogP contribution in [0, 0.1) is 5.92 Å². The van der Waals surface area contributed by atoms with Crippen LogP contribution in [0.4, 0.5) is 0 Å². The van der Waals surface area contributed by atoms with E-state index in [1.165, 1.54) is 16.8 Å². The molecule has 120 valence electrons. The Labute approximate surface area is 124 Å². The summed E-state index contributed by atoms with van der Waals surface area (Å²) in [6, 6.07) is 1.18. The molecule has 10 heteroatoms. The summed E-state index contributed by atoms with van der Waals surface area (Å²) in [5.41, 5.74) is 7.08. The number of azide groups is 1. The Balaban J connectivity index is 2.23. The van der Waals surface area contributed by atoms with Gasteiger partial charge in [-0.05, 0) is 18.4 Å². The fraction of sp³-hybridized carbons (Fsp3) is 0.667. The van der Waals surface area contributed by atoms with Crippen molar-refractivity contribution in [1.82, 2.24) is 9.55 Å². The first-order valence-corrected chi connectivity index (χ1v) is 6.85. The standard InChI is InChI=1S/C12H17N5O5/c13-16-14-4-1-2-7-10(20)8(6-18)22-11(7)17-5-3-9(19)15-12(17)21/h3,5,7-8,10-11,18,20H,1-2,4,6H2,(H,15,19,21)/t7-,8-,10+,11-/m1/s1. The van der Waals surface area contributed by atoms with Crippen LogP contribution < -0.4 is 11.2 Å². The highest BCUT2D eigenvalue weighted by atomic mass is 16.5. The molecule has 0 saturated carbocycles. The van der Waals surface area contributed by atoms with Crippen molar-refractivity contribution in [3.05, 3.63) is 43.5 Å². The number of aliphatic hydroxyl groups excluding tert-OH is 2. The van der Waals surface area contributed by atoms with Crippen molar-refractivity contribution in [3.8, 4) is 0 Å². The molecule has 4 atom stereocenters. The topological polar surface area (TPSA) is 153 Å². The first kappa shape index (κ1) is 16.2. The molecule has 0 bridgehead atoms. The second kappa shape index (κ2) is 7.23. The number of H-pyrrole nitrogens is 1. The maximum Gasteiger partial charge on any atom is 0.330 e. The van der Waals surface area contributed by atoms with Gasteiger partial charge in [-0.3, -0.25) is 14.3 Å². The summed E-state index contributed by atoms with van der Waals surface area (Å²) < 4.78 is 6.72. The number of hydrogen-bond donors (Lipinski definition) is 3. The van der Waals surface area contributed by atoms with E-state index in [-0.39, 0.29) is 13.2 Å². The lowest BCUT2D eigenvalue weighted by atomic mass is 9.94. The highest BCUT2D eigenvalue weighted by Crippen LogP contribution is 2.36. The van der Waals surface area contributed by atoms with Crippen molar-refractivity contribution >= 4 is 0 Å². The smallest absolute Gasteiger partial charge is 0.330 e. The number of hydrogen-bond acceptors (Lipinski definition) is 6. The Morgan fingerprint density at radius 1 is 1.50 bits per heavy atom. The molecule has 1 saturated heterocycles. The third kappa shape index (κ3) is 3.37. The molecule has 22 heavy (non-hydrogen) atoms. The number of nitrogens with zero attached hydrogens (tertiary/aromatic N) is 4. The van der Waals surface area contributed by atoms with Gasteiger partial charge in [0.1, 0.15) is 12.3 Å². The van der Waals surface area contributed by atoms with Crippen LogP contribution in [0.1, 0.15) is 19.1 Å². The molecule has 2 heterocycles. The van der Waals surface area contributed by atoms with E-state index in [4.69, 9.17) is 10.3 Å². The third-order valence-electron chi connectivity index (χ3n) is 3.66. The van der Waals surface area contributed by atoms with Crippen molar-refractivity contribution in [2.45, 2.75) is 31.3 Å². The van der Waals surface area contributed by atoms with Gasteiger partial charge < -0.3 is 14.9 Å². The molecule has 0 aromatic carbocycles. The van der Waals surface area contributed by atoms with Crippen LogP contribution in [0.15, 0.2) is 27.0 Å². The quantitative estimate of drug-likeness (QED) is 0.279. The largest absolute Gasteiger partial charge is 0.394 e. The zero-order chi connectivity index (χ0) is 16.1. The average molecular weight is 311 g/mol. The summed E-state index contributed by atoms with van der Waals surface area (Å²) in [6.07, 6.45) is -0.344. The normalized spacial score (nSPS) is 27.5. The Bertz CT molecular complexity index is 664. The zero-order valence-electron chi connectivity index (χ0n) is 11.7. The predicted octanol–water partition coefficient (Wildman–Crippen LogP) is -0.506. The van der Waals surface area contributed by atoms with Gasteiger partial charge in [0.05, 0.1) is 12.7 Å². The van der Waals surface area contributed by atoms with Crippen LogP contribution >= 0.6 is 0 Å². The van der Waals surface area contributed by atoms with E-state index < -0.39 is 35.6 Å². The van der Waals surface area contributed by atoms with Gasteiger partial charge >= 0.3 is 5.69 Å².